The molecule has 1 aliphatic heterocycles. The smallest absolute Gasteiger partial charge is 0.357 e. The maximum Gasteiger partial charge on any atom is 0.416 e. The van der Waals surface area contributed by atoms with Gasteiger partial charge in [0.05, 0.1) is 29.1 Å². The largest absolute Gasteiger partial charge is 0.416 e. The van der Waals surface area contributed by atoms with Crippen LogP contribution in [0.4, 0.5) is 22.0 Å². The molecule has 0 bridgehead atoms. The number of piperidine rings is 1. The fourth-order valence-electron chi connectivity index (χ4n) is 5.05. The lowest BCUT2D eigenvalue weighted by molar-refractivity contribution is -0.137. The van der Waals surface area contributed by atoms with Crippen LogP contribution in [0, 0.1) is 25.5 Å². The zero-order valence-corrected chi connectivity index (χ0v) is 23.1. The summed E-state index contributed by atoms with van der Waals surface area (Å²) in [6.45, 7) is 6.30. The third-order valence-corrected chi connectivity index (χ3v) is 7.05. The summed E-state index contributed by atoms with van der Waals surface area (Å²) in [6.07, 6.45) is -2.59. The summed E-state index contributed by atoms with van der Waals surface area (Å²) in [7, 11) is 0. The summed E-state index contributed by atoms with van der Waals surface area (Å²) >= 11 is 0. The Morgan fingerprint density at radius 3 is 2.34 bits per heavy atom. The van der Waals surface area contributed by atoms with E-state index in [0.717, 1.165) is 30.0 Å². The van der Waals surface area contributed by atoms with Gasteiger partial charge in [0, 0.05) is 30.1 Å². The van der Waals surface area contributed by atoms with Crippen molar-refractivity contribution >= 4 is 11.6 Å². The lowest BCUT2D eigenvalue weighted by Crippen LogP contribution is -2.39. The van der Waals surface area contributed by atoms with Crippen molar-refractivity contribution in [2.75, 3.05) is 13.1 Å². The van der Waals surface area contributed by atoms with Gasteiger partial charge in [0.1, 0.15) is 17.5 Å². The minimum absolute atomic E-state index is 0.0428. The maximum atomic E-state index is 14.1. The van der Waals surface area contributed by atoms with Crippen molar-refractivity contribution in [2.24, 2.45) is 5.16 Å². The molecule has 2 heterocycles. The molecule has 0 saturated carbocycles. The average molecular weight is 575 g/mol. The Hall–Kier alpha value is -3.89. The van der Waals surface area contributed by atoms with Gasteiger partial charge in [-0.2, -0.15) is 13.2 Å². The van der Waals surface area contributed by atoms with Crippen molar-refractivity contribution in [1.29, 1.82) is 0 Å². The molecule has 0 unspecified atom stereocenters. The molecule has 0 atom stereocenters. The summed E-state index contributed by atoms with van der Waals surface area (Å²) in [5.41, 5.74) is 1.53. The zero-order valence-electron chi connectivity index (χ0n) is 23.1. The number of alkyl halides is 3. The van der Waals surface area contributed by atoms with Gasteiger partial charge in [-0.25, -0.2) is 18.7 Å². The number of carbonyl (C=O) groups excluding carboxylic acids is 1. The quantitative estimate of drug-likeness (QED) is 0.166. The van der Waals surface area contributed by atoms with Crippen molar-refractivity contribution in [3.63, 3.8) is 0 Å². The van der Waals surface area contributed by atoms with E-state index >= 15 is 0 Å². The number of oxime groups is 1. The number of rotatable bonds is 8. The molecule has 1 saturated heterocycles. The Bertz CT molecular complexity index is 1410. The van der Waals surface area contributed by atoms with Crippen LogP contribution in [0.25, 0.3) is 0 Å². The lowest BCUT2D eigenvalue weighted by atomic mass is 9.87. The molecule has 0 spiro atoms. The van der Waals surface area contributed by atoms with Crippen LogP contribution in [0.5, 0.6) is 5.75 Å². The number of hydrogen-bond donors (Lipinski definition) is 0. The summed E-state index contributed by atoms with van der Waals surface area (Å²) in [6, 6.07) is 8.04. The van der Waals surface area contributed by atoms with Gasteiger partial charge in [0.2, 0.25) is 5.91 Å². The SMILES string of the molecule is CCC/C(=N/Oc1cccc(C(F)(F)F)c1)c1c(C)nc(C)nc1C1CCN(C(=O)Cc2c(F)cccc2F)CC1. The van der Waals surface area contributed by atoms with Gasteiger partial charge < -0.3 is 9.74 Å². The minimum Gasteiger partial charge on any atom is -0.357 e. The second-order valence-electron chi connectivity index (χ2n) is 10.1. The van der Waals surface area contributed by atoms with E-state index in [0.29, 0.717) is 61.6 Å². The molecule has 1 amide bonds. The van der Waals surface area contributed by atoms with Crippen molar-refractivity contribution in [2.45, 2.75) is 65.0 Å². The van der Waals surface area contributed by atoms with Crippen LogP contribution in [-0.4, -0.2) is 39.6 Å². The van der Waals surface area contributed by atoms with Gasteiger partial charge in [-0.05, 0) is 63.4 Å². The number of nitrogens with zero attached hydrogens (tertiary/aromatic N) is 4. The van der Waals surface area contributed by atoms with E-state index in [-0.39, 0.29) is 29.6 Å². The Morgan fingerprint density at radius 2 is 1.71 bits per heavy atom. The van der Waals surface area contributed by atoms with E-state index in [1.54, 1.807) is 11.8 Å². The van der Waals surface area contributed by atoms with Crippen LogP contribution < -0.4 is 4.84 Å². The molecular formula is C30H31F5N4O2. The molecule has 218 valence electrons. The van der Waals surface area contributed by atoms with Crippen molar-refractivity contribution in [1.82, 2.24) is 14.9 Å². The molecule has 0 aliphatic carbocycles. The third-order valence-electron chi connectivity index (χ3n) is 7.05. The van der Waals surface area contributed by atoms with E-state index in [2.05, 4.69) is 10.1 Å². The number of likely N-dealkylation sites (tertiary alicyclic amines) is 1. The number of halogens is 5. The Labute approximate surface area is 235 Å². The van der Waals surface area contributed by atoms with Crippen LogP contribution >= 0.6 is 0 Å². The molecule has 0 radical (unpaired) electrons. The number of aryl methyl sites for hydroxylation is 2. The van der Waals surface area contributed by atoms with E-state index in [1.165, 1.54) is 18.2 Å². The number of benzene rings is 2. The third kappa shape index (κ3) is 7.25. The highest BCUT2D eigenvalue weighted by molar-refractivity contribution is 6.02. The first kappa shape index (κ1) is 30.1. The van der Waals surface area contributed by atoms with Crippen LogP contribution in [0.15, 0.2) is 47.6 Å². The fraction of sp³-hybridized carbons (Fsp3) is 0.400. The number of aromatic nitrogens is 2. The molecule has 1 aliphatic rings. The molecule has 2 aromatic carbocycles. The van der Waals surface area contributed by atoms with Crippen molar-refractivity contribution < 1.29 is 31.6 Å². The molecule has 6 nitrogen and oxygen atoms in total. The molecule has 11 heteroatoms. The highest BCUT2D eigenvalue weighted by Gasteiger charge is 2.31. The molecule has 4 rings (SSSR count). The second-order valence-corrected chi connectivity index (χ2v) is 10.1. The number of amides is 1. The van der Waals surface area contributed by atoms with Gasteiger partial charge in [0.15, 0.2) is 5.75 Å². The lowest BCUT2D eigenvalue weighted by Gasteiger charge is -2.33. The van der Waals surface area contributed by atoms with Gasteiger partial charge >= 0.3 is 6.18 Å². The zero-order chi connectivity index (χ0) is 29.7. The highest BCUT2D eigenvalue weighted by Crippen LogP contribution is 2.33. The highest BCUT2D eigenvalue weighted by atomic mass is 19.4. The van der Waals surface area contributed by atoms with Crippen LogP contribution in [0.2, 0.25) is 0 Å². The van der Waals surface area contributed by atoms with E-state index < -0.39 is 23.4 Å². The van der Waals surface area contributed by atoms with E-state index in [1.807, 2.05) is 13.8 Å². The standard InChI is InChI=1S/C30H31F5N4O2/c1-4-7-26(38-41-22-9-5-8-21(16-22)30(33,34)35)28-18(2)36-19(3)37-29(28)20-12-14-39(15-13-20)27(40)17-23-24(31)10-6-11-25(23)32/h5-6,8-11,16,20H,4,7,12-15,17H2,1-3H3/b38-26-. The first-order valence-corrected chi connectivity index (χ1v) is 13.4. The molecule has 3 aromatic rings. The normalized spacial score (nSPS) is 14.8. The summed E-state index contributed by atoms with van der Waals surface area (Å²) in [4.78, 5) is 29.2. The summed E-state index contributed by atoms with van der Waals surface area (Å²) < 4.78 is 67.6. The predicted octanol–water partition coefficient (Wildman–Crippen LogP) is 6.92. The summed E-state index contributed by atoms with van der Waals surface area (Å²) in [5.74, 6) is -1.40. The molecule has 1 aromatic heterocycles. The van der Waals surface area contributed by atoms with Crippen molar-refractivity contribution in [3.8, 4) is 5.75 Å². The maximum absolute atomic E-state index is 14.1. The van der Waals surface area contributed by atoms with Crippen LogP contribution in [-0.2, 0) is 17.4 Å². The minimum atomic E-state index is -4.51. The molecule has 41 heavy (non-hydrogen) atoms. The van der Waals surface area contributed by atoms with Crippen molar-refractivity contribution in [3.05, 3.63) is 88.0 Å². The first-order valence-electron chi connectivity index (χ1n) is 13.4. The van der Waals surface area contributed by atoms with Crippen LogP contribution in [0.1, 0.15) is 72.4 Å². The Kier molecular flexibility index (Phi) is 9.35. The molecule has 1 fully saturated rings. The summed E-state index contributed by atoms with van der Waals surface area (Å²) in [5, 5.41) is 4.26. The van der Waals surface area contributed by atoms with Gasteiger partial charge in [-0.3, -0.25) is 4.79 Å². The molecule has 0 N–H and O–H groups in total. The van der Waals surface area contributed by atoms with Gasteiger partial charge in [-0.15, -0.1) is 0 Å². The van der Waals surface area contributed by atoms with Gasteiger partial charge in [0.25, 0.3) is 0 Å². The van der Waals surface area contributed by atoms with Gasteiger partial charge in [-0.1, -0.05) is 30.6 Å². The van der Waals surface area contributed by atoms with E-state index in [4.69, 9.17) is 9.82 Å². The average Bonchev–Trinajstić information content (AvgIpc) is 2.93. The molecular weight excluding hydrogens is 543 g/mol. The number of carbonyl (C=O) groups is 1. The Morgan fingerprint density at radius 1 is 1.05 bits per heavy atom. The topological polar surface area (TPSA) is 67.7 Å². The second kappa shape index (κ2) is 12.7. The van der Waals surface area contributed by atoms with E-state index in [9.17, 15) is 26.7 Å². The fourth-order valence-corrected chi connectivity index (χ4v) is 5.05. The monoisotopic (exact) mass is 574 g/mol. The first-order chi connectivity index (χ1) is 19.5. The van der Waals surface area contributed by atoms with Crippen LogP contribution in [0.3, 0.4) is 0 Å². The number of hydrogen-bond acceptors (Lipinski definition) is 5. The predicted molar refractivity (Wildman–Crippen MR) is 144 cm³/mol. The Balaban J connectivity index is 1.55.